The minimum Gasteiger partial charge on any atom is -0.346 e. The summed E-state index contributed by atoms with van der Waals surface area (Å²) in [6, 6.07) is 7.81. The fourth-order valence-electron chi connectivity index (χ4n) is 3.20. The summed E-state index contributed by atoms with van der Waals surface area (Å²) in [5.74, 6) is 0.164. The molecule has 1 saturated heterocycles. The molecule has 2 aromatic heterocycles. The molecule has 0 N–H and O–H groups in total. The Labute approximate surface area is 150 Å². The lowest BCUT2D eigenvalue weighted by Gasteiger charge is -2.26. The van der Waals surface area contributed by atoms with E-state index in [0.717, 1.165) is 4.47 Å². The van der Waals surface area contributed by atoms with Gasteiger partial charge >= 0.3 is 0 Å². The summed E-state index contributed by atoms with van der Waals surface area (Å²) in [6.07, 6.45) is 2.33. The highest BCUT2D eigenvalue weighted by atomic mass is 79.9. The van der Waals surface area contributed by atoms with E-state index in [-0.39, 0.29) is 24.8 Å². The van der Waals surface area contributed by atoms with E-state index in [1.165, 1.54) is 22.8 Å². The lowest BCUT2D eigenvalue weighted by molar-refractivity contribution is 0.356. The highest BCUT2D eigenvalue weighted by molar-refractivity contribution is 9.10. The zero-order valence-corrected chi connectivity index (χ0v) is 14.5. The monoisotopic (exact) mass is 403 g/mol. The Bertz CT molecular complexity index is 996. The van der Waals surface area contributed by atoms with Crippen molar-refractivity contribution < 1.29 is 8.78 Å². The lowest BCUT2D eigenvalue weighted by atomic mass is 10.0. The summed E-state index contributed by atoms with van der Waals surface area (Å²) in [5.41, 5.74) is 1.44. The van der Waals surface area contributed by atoms with E-state index in [1.54, 1.807) is 23.2 Å². The molecule has 1 aliphatic heterocycles. The van der Waals surface area contributed by atoms with Crippen molar-refractivity contribution in [1.29, 1.82) is 5.26 Å². The number of aromatic nitrogens is 3. The van der Waals surface area contributed by atoms with Crippen LogP contribution in [0.1, 0.15) is 23.6 Å². The molecule has 5 nitrogen and oxygen atoms in total. The Morgan fingerprint density at radius 2 is 2.16 bits per heavy atom. The third kappa shape index (κ3) is 2.74. The van der Waals surface area contributed by atoms with Crippen molar-refractivity contribution in [2.45, 2.75) is 18.6 Å². The third-order valence-corrected chi connectivity index (χ3v) is 5.06. The first-order valence-electron chi connectivity index (χ1n) is 7.67. The number of fused-ring (bicyclic) bond motifs is 1. The van der Waals surface area contributed by atoms with Gasteiger partial charge in [-0.25, -0.2) is 18.3 Å². The highest BCUT2D eigenvalue weighted by Gasteiger charge is 2.35. The Morgan fingerprint density at radius 1 is 1.32 bits per heavy atom. The first-order valence-corrected chi connectivity index (χ1v) is 8.46. The molecule has 0 radical (unpaired) electrons. The van der Waals surface area contributed by atoms with Gasteiger partial charge in [-0.2, -0.15) is 10.4 Å². The highest BCUT2D eigenvalue weighted by Crippen LogP contribution is 2.39. The van der Waals surface area contributed by atoms with E-state index in [1.807, 2.05) is 6.07 Å². The molecular weight excluding hydrogens is 392 g/mol. The Kier molecular flexibility index (Phi) is 3.88. The SMILES string of the molecule is N#Cc1cnn2ccc(N3C[C@@H](F)C[C@@H]3c3cc(F)ccc3Br)nc12. The molecule has 1 fully saturated rings. The van der Waals surface area contributed by atoms with E-state index < -0.39 is 6.17 Å². The van der Waals surface area contributed by atoms with Crippen molar-refractivity contribution in [3.8, 4) is 6.07 Å². The molecule has 3 heterocycles. The second-order valence-electron chi connectivity index (χ2n) is 5.89. The number of hydrogen-bond acceptors (Lipinski definition) is 4. The van der Waals surface area contributed by atoms with Gasteiger partial charge in [-0.15, -0.1) is 0 Å². The first-order chi connectivity index (χ1) is 12.1. The van der Waals surface area contributed by atoms with Gasteiger partial charge in [0.05, 0.1) is 18.8 Å². The summed E-state index contributed by atoms with van der Waals surface area (Å²) < 4.78 is 30.1. The molecule has 0 unspecified atom stereocenters. The molecule has 25 heavy (non-hydrogen) atoms. The van der Waals surface area contributed by atoms with Crippen LogP contribution in [0.3, 0.4) is 0 Å². The van der Waals surface area contributed by atoms with Gasteiger partial charge in [-0.3, -0.25) is 0 Å². The molecule has 1 aromatic carbocycles. The maximum atomic E-state index is 14.2. The number of alkyl halides is 1. The molecule has 4 rings (SSSR count). The molecule has 0 saturated carbocycles. The molecule has 126 valence electrons. The normalized spacial score (nSPS) is 20.2. The van der Waals surface area contributed by atoms with Crippen LogP contribution >= 0.6 is 15.9 Å². The molecule has 1 aliphatic rings. The number of anilines is 1. The van der Waals surface area contributed by atoms with Crippen LogP contribution in [0, 0.1) is 17.1 Å². The summed E-state index contributed by atoms with van der Waals surface area (Å²) in [7, 11) is 0. The summed E-state index contributed by atoms with van der Waals surface area (Å²) in [5, 5.41) is 13.2. The van der Waals surface area contributed by atoms with Gasteiger partial charge in [0.2, 0.25) is 0 Å². The quantitative estimate of drug-likeness (QED) is 0.652. The van der Waals surface area contributed by atoms with Crippen LogP contribution in [0.2, 0.25) is 0 Å². The van der Waals surface area contributed by atoms with E-state index in [2.05, 4.69) is 26.0 Å². The van der Waals surface area contributed by atoms with Gasteiger partial charge in [-0.1, -0.05) is 15.9 Å². The van der Waals surface area contributed by atoms with Crippen LogP contribution in [0.15, 0.2) is 41.1 Å². The second kappa shape index (κ2) is 6.08. The molecule has 3 aromatic rings. The van der Waals surface area contributed by atoms with E-state index in [0.29, 0.717) is 22.6 Å². The van der Waals surface area contributed by atoms with E-state index in [9.17, 15) is 8.78 Å². The van der Waals surface area contributed by atoms with Gasteiger partial charge < -0.3 is 4.90 Å². The topological polar surface area (TPSA) is 57.2 Å². The number of halogens is 3. The second-order valence-corrected chi connectivity index (χ2v) is 6.75. The van der Waals surface area contributed by atoms with Gasteiger partial charge in [0, 0.05) is 17.1 Å². The maximum absolute atomic E-state index is 14.2. The average Bonchev–Trinajstić information content (AvgIpc) is 3.19. The summed E-state index contributed by atoms with van der Waals surface area (Å²) in [4.78, 5) is 6.28. The number of rotatable bonds is 2. The van der Waals surface area contributed by atoms with Crippen molar-refractivity contribution in [1.82, 2.24) is 14.6 Å². The fourth-order valence-corrected chi connectivity index (χ4v) is 3.71. The third-order valence-electron chi connectivity index (χ3n) is 4.34. The largest absolute Gasteiger partial charge is 0.346 e. The van der Waals surface area contributed by atoms with Gasteiger partial charge in [0.15, 0.2) is 5.65 Å². The molecule has 0 amide bonds. The van der Waals surface area contributed by atoms with Crippen LogP contribution in [0.5, 0.6) is 0 Å². The standard InChI is InChI=1S/C17H12BrF2N5/c18-14-2-1-11(19)5-13(14)15-6-12(20)9-24(15)16-3-4-25-17(23-16)10(7-21)8-22-25/h1-5,8,12,15H,6,9H2/t12-,15+/m0/s1. The van der Waals surface area contributed by atoms with Crippen LogP contribution in [-0.2, 0) is 0 Å². The maximum Gasteiger partial charge on any atom is 0.175 e. The zero-order chi connectivity index (χ0) is 17.6. The van der Waals surface area contributed by atoms with E-state index >= 15 is 0 Å². The minimum atomic E-state index is -1.04. The van der Waals surface area contributed by atoms with Crippen molar-refractivity contribution >= 4 is 27.4 Å². The van der Waals surface area contributed by atoms with Gasteiger partial charge in [0.1, 0.15) is 29.4 Å². The molecule has 0 spiro atoms. The van der Waals surface area contributed by atoms with E-state index in [4.69, 9.17) is 5.26 Å². The van der Waals surface area contributed by atoms with Gasteiger partial charge in [0.25, 0.3) is 0 Å². The fraction of sp³-hybridized carbons (Fsp3) is 0.235. The lowest BCUT2D eigenvalue weighted by Crippen LogP contribution is -2.25. The number of hydrogen-bond donors (Lipinski definition) is 0. The van der Waals surface area contributed by atoms with Crippen LogP contribution in [-0.4, -0.2) is 27.3 Å². The molecule has 2 atom stereocenters. The molecule has 0 aliphatic carbocycles. The molecular formula is C17H12BrF2N5. The molecule has 8 heteroatoms. The van der Waals surface area contributed by atoms with Crippen molar-refractivity contribution in [3.05, 3.63) is 58.1 Å². The van der Waals surface area contributed by atoms with Crippen LogP contribution in [0.25, 0.3) is 5.65 Å². The van der Waals surface area contributed by atoms with Crippen LogP contribution < -0.4 is 4.90 Å². The predicted molar refractivity (Wildman–Crippen MR) is 91.4 cm³/mol. The van der Waals surface area contributed by atoms with Crippen molar-refractivity contribution in [2.75, 3.05) is 11.4 Å². The number of nitrogens with zero attached hydrogens (tertiary/aromatic N) is 5. The number of benzene rings is 1. The Balaban J connectivity index is 1.80. The Morgan fingerprint density at radius 3 is 2.96 bits per heavy atom. The first kappa shape index (κ1) is 16.0. The predicted octanol–water partition coefficient (Wildman–Crippen LogP) is 3.79. The minimum absolute atomic E-state index is 0.160. The molecule has 0 bridgehead atoms. The summed E-state index contributed by atoms with van der Waals surface area (Å²) in [6.45, 7) is 0.160. The van der Waals surface area contributed by atoms with Crippen molar-refractivity contribution in [3.63, 3.8) is 0 Å². The average molecular weight is 404 g/mol. The van der Waals surface area contributed by atoms with Gasteiger partial charge in [-0.05, 0) is 29.8 Å². The Hall–Kier alpha value is -2.53. The van der Waals surface area contributed by atoms with Crippen molar-refractivity contribution in [2.24, 2.45) is 0 Å². The summed E-state index contributed by atoms with van der Waals surface area (Å²) >= 11 is 3.42. The smallest absolute Gasteiger partial charge is 0.175 e. The zero-order valence-electron chi connectivity index (χ0n) is 12.9. The van der Waals surface area contributed by atoms with Crippen LogP contribution in [0.4, 0.5) is 14.6 Å². The number of nitriles is 1.